The lowest BCUT2D eigenvalue weighted by atomic mass is 10.6. The minimum Gasteiger partial charge on any atom is -0.303 e. The van der Waals surface area contributed by atoms with E-state index in [4.69, 9.17) is 0 Å². The van der Waals surface area contributed by atoms with E-state index in [2.05, 4.69) is 52.1 Å². The van der Waals surface area contributed by atoms with Crippen LogP contribution >= 0.6 is 0 Å². The molecule has 0 amide bonds. The topological polar surface area (TPSA) is 6.48 Å². The molecule has 0 unspecified atom stereocenters. The fourth-order valence-electron chi connectivity index (χ4n) is 1.58. The molecule has 0 aromatic rings. The van der Waals surface area contributed by atoms with Gasteiger partial charge in [-0.15, -0.1) is 0 Å². The molecule has 3 heteroatoms. The number of hydrogen-bond acceptors (Lipinski definition) is 2. The van der Waals surface area contributed by atoms with Crippen LogP contribution in [0, 0.1) is 0 Å². The Labute approximate surface area is 70.8 Å². The molecule has 0 aliphatic rings. The van der Waals surface area contributed by atoms with E-state index in [1.165, 1.54) is 0 Å². The van der Waals surface area contributed by atoms with Crippen molar-refractivity contribution in [1.82, 2.24) is 9.80 Å². The summed E-state index contributed by atoms with van der Waals surface area (Å²) in [5.74, 6) is 0. The van der Waals surface area contributed by atoms with Gasteiger partial charge in [-0.05, 0) is 28.2 Å². The lowest BCUT2D eigenvalue weighted by Gasteiger charge is -2.34. The second-order valence-electron chi connectivity index (χ2n) is 4.38. The number of rotatable bonds is 4. The molecule has 0 aliphatic carbocycles. The molecule has 0 bridgehead atoms. The van der Waals surface area contributed by atoms with Gasteiger partial charge in [-0.2, -0.15) is 0 Å². The molecule has 0 atom stereocenters. The molecule has 0 saturated heterocycles. The second kappa shape index (κ2) is 4.04. The summed E-state index contributed by atoms with van der Waals surface area (Å²) in [6.45, 7) is 2.16. The summed E-state index contributed by atoms with van der Waals surface area (Å²) in [4.78, 5) is 4.42. The maximum absolute atomic E-state index is 2.24. The molecule has 68 valence electrons. The monoisotopic (exact) mass is 160 g/mol. The van der Waals surface area contributed by atoms with Crippen LogP contribution in [0.25, 0.3) is 0 Å². The Morgan fingerprint density at radius 3 is 1.27 bits per heavy atom. The number of quaternary nitrogens is 1. The highest BCUT2D eigenvalue weighted by Crippen LogP contribution is 1.97. The predicted molar refractivity (Wildman–Crippen MR) is 49.2 cm³/mol. The van der Waals surface area contributed by atoms with Crippen LogP contribution in [0.1, 0.15) is 0 Å². The average Bonchev–Trinajstić information content (AvgIpc) is 1.53. The zero-order valence-corrected chi connectivity index (χ0v) is 8.76. The summed E-state index contributed by atoms with van der Waals surface area (Å²) in [5, 5.41) is 0. The van der Waals surface area contributed by atoms with Gasteiger partial charge in [0.2, 0.25) is 0 Å². The van der Waals surface area contributed by atoms with Gasteiger partial charge in [0.15, 0.2) is 0 Å². The Morgan fingerprint density at radius 1 is 0.818 bits per heavy atom. The smallest absolute Gasteiger partial charge is 0.135 e. The molecule has 0 fully saturated rings. The van der Waals surface area contributed by atoms with Crippen LogP contribution in [0.2, 0.25) is 0 Å². The van der Waals surface area contributed by atoms with Crippen molar-refractivity contribution in [3.05, 3.63) is 0 Å². The minimum atomic E-state index is 1.01. The van der Waals surface area contributed by atoms with E-state index < -0.39 is 0 Å². The summed E-state index contributed by atoms with van der Waals surface area (Å²) in [5.41, 5.74) is 0. The van der Waals surface area contributed by atoms with E-state index in [1.807, 2.05) is 0 Å². The van der Waals surface area contributed by atoms with Crippen molar-refractivity contribution in [3.8, 4) is 0 Å². The first-order chi connectivity index (χ1) is 4.83. The van der Waals surface area contributed by atoms with Gasteiger partial charge in [0.25, 0.3) is 0 Å². The highest BCUT2D eigenvalue weighted by molar-refractivity contribution is 4.32. The Hall–Kier alpha value is -0.120. The van der Waals surface area contributed by atoms with Crippen LogP contribution in [0.15, 0.2) is 0 Å². The predicted octanol–water partition coefficient (Wildman–Crippen LogP) is 0.101. The van der Waals surface area contributed by atoms with Crippen molar-refractivity contribution in [2.45, 2.75) is 0 Å². The molecular weight excluding hydrogens is 138 g/mol. The molecular formula is C8H22N3+. The molecule has 0 N–H and O–H groups in total. The molecule has 0 aliphatic heterocycles. The highest BCUT2D eigenvalue weighted by Gasteiger charge is 2.15. The number of nitrogens with zero attached hydrogens (tertiary/aromatic N) is 3. The third-order valence-corrected chi connectivity index (χ3v) is 1.33. The summed E-state index contributed by atoms with van der Waals surface area (Å²) >= 11 is 0. The van der Waals surface area contributed by atoms with Gasteiger partial charge in [-0.25, -0.2) is 0 Å². The number of hydrogen-bond donors (Lipinski definition) is 0. The molecule has 0 rings (SSSR count). The van der Waals surface area contributed by atoms with Gasteiger partial charge >= 0.3 is 0 Å². The fourth-order valence-corrected chi connectivity index (χ4v) is 1.58. The summed E-state index contributed by atoms with van der Waals surface area (Å²) in [7, 11) is 12.9. The fraction of sp³-hybridized carbons (Fsp3) is 1.00. The van der Waals surface area contributed by atoms with E-state index in [0.29, 0.717) is 0 Å². The van der Waals surface area contributed by atoms with Crippen molar-refractivity contribution < 1.29 is 4.48 Å². The van der Waals surface area contributed by atoms with Crippen LogP contribution in [-0.4, -0.2) is 69.9 Å². The zero-order chi connectivity index (χ0) is 9.07. The van der Waals surface area contributed by atoms with E-state index in [-0.39, 0.29) is 0 Å². The lowest BCUT2D eigenvalue weighted by Crippen LogP contribution is -2.50. The SMILES string of the molecule is CN(C)C[N+](C)(C)CN(C)C. The second-order valence-corrected chi connectivity index (χ2v) is 4.38. The maximum atomic E-state index is 2.24. The molecule has 11 heavy (non-hydrogen) atoms. The largest absolute Gasteiger partial charge is 0.303 e. The van der Waals surface area contributed by atoms with Crippen molar-refractivity contribution in [3.63, 3.8) is 0 Å². The van der Waals surface area contributed by atoms with Crippen molar-refractivity contribution in [2.24, 2.45) is 0 Å². The van der Waals surface area contributed by atoms with Crippen molar-refractivity contribution in [1.29, 1.82) is 0 Å². The zero-order valence-electron chi connectivity index (χ0n) is 8.76. The van der Waals surface area contributed by atoms with E-state index in [0.717, 1.165) is 17.8 Å². The quantitative estimate of drug-likeness (QED) is 0.425. The normalized spacial score (nSPS) is 13.1. The molecule has 0 radical (unpaired) electrons. The molecule has 0 aromatic heterocycles. The molecule has 0 spiro atoms. The molecule has 0 saturated carbocycles. The summed E-state index contributed by atoms with van der Waals surface area (Å²) < 4.78 is 1.01. The minimum absolute atomic E-state index is 1.01. The Morgan fingerprint density at radius 2 is 1.09 bits per heavy atom. The van der Waals surface area contributed by atoms with Gasteiger partial charge in [-0.1, -0.05) is 0 Å². The average molecular weight is 160 g/mol. The lowest BCUT2D eigenvalue weighted by molar-refractivity contribution is -0.908. The molecule has 0 aromatic carbocycles. The van der Waals surface area contributed by atoms with Gasteiger partial charge in [0, 0.05) is 0 Å². The van der Waals surface area contributed by atoms with Gasteiger partial charge in [-0.3, -0.25) is 9.80 Å². The van der Waals surface area contributed by atoms with Crippen molar-refractivity contribution in [2.75, 3.05) is 55.6 Å². The van der Waals surface area contributed by atoms with Gasteiger partial charge in [0.1, 0.15) is 13.3 Å². The van der Waals surface area contributed by atoms with Crippen LogP contribution in [-0.2, 0) is 0 Å². The first-order valence-electron chi connectivity index (χ1n) is 3.95. The van der Waals surface area contributed by atoms with E-state index in [1.54, 1.807) is 0 Å². The van der Waals surface area contributed by atoms with Crippen molar-refractivity contribution >= 4 is 0 Å². The van der Waals surface area contributed by atoms with E-state index >= 15 is 0 Å². The van der Waals surface area contributed by atoms with Crippen LogP contribution in [0.4, 0.5) is 0 Å². The summed E-state index contributed by atoms with van der Waals surface area (Å²) in [6, 6.07) is 0. The third-order valence-electron chi connectivity index (χ3n) is 1.33. The Bertz CT molecular complexity index is 95.9. The van der Waals surface area contributed by atoms with Crippen LogP contribution in [0.3, 0.4) is 0 Å². The van der Waals surface area contributed by atoms with Crippen LogP contribution < -0.4 is 0 Å². The Kier molecular flexibility index (Phi) is 4.00. The maximum Gasteiger partial charge on any atom is 0.135 e. The van der Waals surface area contributed by atoms with Gasteiger partial charge < -0.3 is 4.48 Å². The Balaban J connectivity index is 3.79. The van der Waals surface area contributed by atoms with E-state index in [9.17, 15) is 0 Å². The molecule has 3 nitrogen and oxygen atoms in total. The first-order valence-corrected chi connectivity index (χ1v) is 3.95. The third kappa shape index (κ3) is 6.28. The standard InChI is InChI=1S/C8H22N3/c1-9(2)7-11(5,6)8-10(3)4/h7-8H2,1-6H3/q+1. The van der Waals surface area contributed by atoms with Gasteiger partial charge in [0.05, 0.1) is 14.1 Å². The van der Waals surface area contributed by atoms with Crippen LogP contribution in [0.5, 0.6) is 0 Å². The highest BCUT2D eigenvalue weighted by atomic mass is 15.5. The molecule has 0 heterocycles. The summed E-state index contributed by atoms with van der Waals surface area (Å²) in [6.07, 6.45) is 0. The first kappa shape index (κ1) is 10.9.